The van der Waals surface area contributed by atoms with Gasteiger partial charge in [-0.3, -0.25) is 0 Å². The molecule has 0 radical (unpaired) electrons. The molecule has 1 unspecified atom stereocenters. The molecule has 0 heterocycles. The van der Waals surface area contributed by atoms with Crippen LogP contribution in [0.4, 0.5) is 4.39 Å². The Morgan fingerprint density at radius 1 is 1.19 bits per heavy atom. The first-order chi connectivity index (χ1) is 10.3. The second-order valence-electron chi connectivity index (χ2n) is 5.96. The van der Waals surface area contributed by atoms with E-state index < -0.39 is 0 Å². The molecule has 2 rings (SSSR count). The molecule has 1 aromatic rings. The van der Waals surface area contributed by atoms with Crippen molar-refractivity contribution >= 4 is 0 Å². The van der Waals surface area contributed by atoms with Crippen molar-refractivity contribution in [1.82, 2.24) is 5.32 Å². The van der Waals surface area contributed by atoms with E-state index in [-0.39, 0.29) is 18.0 Å². The van der Waals surface area contributed by atoms with Crippen molar-refractivity contribution in [2.45, 2.75) is 64.1 Å². The summed E-state index contributed by atoms with van der Waals surface area (Å²) in [6.45, 7) is 3.77. The highest BCUT2D eigenvalue weighted by molar-refractivity contribution is 5.20. The Bertz CT molecular complexity index is 402. The van der Waals surface area contributed by atoms with Crippen molar-refractivity contribution in [1.29, 1.82) is 0 Å². The van der Waals surface area contributed by atoms with Crippen LogP contribution in [0.15, 0.2) is 24.3 Å². The van der Waals surface area contributed by atoms with Crippen LogP contribution in [0.3, 0.4) is 0 Å². The fourth-order valence-corrected chi connectivity index (χ4v) is 2.99. The van der Waals surface area contributed by atoms with Crippen LogP contribution in [0, 0.1) is 5.82 Å². The molecular weight excluding hydrogens is 265 g/mol. The van der Waals surface area contributed by atoms with E-state index in [0.717, 1.165) is 25.8 Å². The van der Waals surface area contributed by atoms with E-state index in [4.69, 9.17) is 4.74 Å². The van der Waals surface area contributed by atoms with Crippen molar-refractivity contribution in [2.75, 3.05) is 13.1 Å². The molecule has 1 aromatic carbocycles. The lowest BCUT2D eigenvalue weighted by atomic mass is 10.1. The number of hydrogen-bond acceptors (Lipinski definition) is 2. The monoisotopic (exact) mass is 293 g/mol. The number of benzene rings is 1. The average Bonchev–Trinajstić information content (AvgIpc) is 2.76. The molecule has 118 valence electrons. The van der Waals surface area contributed by atoms with E-state index in [0.29, 0.717) is 12.1 Å². The number of ether oxygens (including phenoxy) is 1. The standard InChI is InChI=1S/C18H28FNO/c1-2-13-20-14-18(16-11-7-8-12-17(16)19)21-15-9-5-3-4-6-10-15/h7-8,11-12,15,18,20H,2-6,9-10,13-14H2,1H3. The van der Waals surface area contributed by atoms with Crippen molar-refractivity contribution < 1.29 is 9.13 Å². The van der Waals surface area contributed by atoms with Crippen molar-refractivity contribution in [3.05, 3.63) is 35.6 Å². The molecule has 0 saturated heterocycles. The third-order valence-electron chi connectivity index (χ3n) is 4.17. The number of hydrogen-bond donors (Lipinski definition) is 1. The second kappa shape index (κ2) is 9.16. The van der Waals surface area contributed by atoms with Gasteiger partial charge in [0.05, 0.1) is 12.2 Å². The van der Waals surface area contributed by atoms with E-state index >= 15 is 0 Å². The van der Waals surface area contributed by atoms with Gasteiger partial charge in [-0.2, -0.15) is 0 Å². The SMILES string of the molecule is CCCNCC(OC1CCCCCC1)c1ccccc1F. The van der Waals surface area contributed by atoms with Crippen LogP contribution in [0.1, 0.15) is 63.5 Å². The molecule has 1 aliphatic rings. The first-order valence-electron chi connectivity index (χ1n) is 8.42. The van der Waals surface area contributed by atoms with Gasteiger partial charge in [-0.05, 0) is 31.9 Å². The fourth-order valence-electron chi connectivity index (χ4n) is 2.99. The zero-order chi connectivity index (χ0) is 14.9. The predicted molar refractivity (Wildman–Crippen MR) is 84.9 cm³/mol. The molecule has 1 N–H and O–H groups in total. The van der Waals surface area contributed by atoms with Crippen molar-refractivity contribution in [3.63, 3.8) is 0 Å². The summed E-state index contributed by atoms with van der Waals surface area (Å²) in [5.41, 5.74) is 0.686. The molecule has 1 atom stereocenters. The van der Waals surface area contributed by atoms with E-state index in [9.17, 15) is 4.39 Å². The molecule has 0 spiro atoms. The van der Waals surface area contributed by atoms with Gasteiger partial charge in [0.1, 0.15) is 5.82 Å². The van der Waals surface area contributed by atoms with Gasteiger partial charge >= 0.3 is 0 Å². The molecule has 1 saturated carbocycles. The van der Waals surface area contributed by atoms with E-state index in [2.05, 4.69) is 12.2 Å². The molecule has 3 heteroatoms. The first kappa shape index (κ1) is 16.4. The summed E-state index contributed by atoms with van der Waals surface area (Å²) >= 11 is 0. The Morgan fingerprint density at radius 2 is 1.90 bits per heavy atom. The number of rotatable bonds is 7. The maximum absolute atomic E-state index is 14.1. The van der Waals surface area contributed by atoms with Crippen LogP contribution >= 0.6 is 0 Å². The normalized spacial score (nSPS) is 18.4. The zero-order valence-corrected chi connectivity index (χ0v) is 13.1. The summed E-state index contributed by atoms with van der Waals surface area (Å²) in [5, 5.41) is 3.37. The number of halogens is 1. The lowest BCUT2D eigenvalue weighted by molar-refractivity contribution is -0.0216. The van der Waals surface area contributed by atoms with E-state index in [1.165, 1.54) is 31.7 Å². The molecule has 0 aromatic heterocycles. The minimum Gasteiger partial charge on any atom is -0.369 e. The predicted octanol–water partition coefficient (Wildman–Crippen LogP) is 4.61. The van der Waals surface area contributed by atoms with Crippen LogP contribution < -0.4 is 5.32 Å². The lowest BCUT2D eigenvalue weighted by Gasteiger charge is -2.25. The van der Waals surface area contributed by atoms with Crippen LogP contribution in [-0.4, -0.2) is 19.2 Å². The lowest BCUT2D eigenvalue weighted by Crippen LogP contribution is -2.28. The Kier molecular flexibility index (Phi) is 7.17. The van der Waals surface area contributed by atoms with Crippen molar-refractivity contribution in [3.8, 4) is 0 Å². The minimum absolute atomic E-state index is 0.158. The molecule has 1 aliphatic carbocycles. The van der Waals surface area contributed by atoms with E-state index in [1.807, 2.05) is 12.1 Å². The van der Waals surface area contributed by atoms with Gasteiger partial charge in [0.15, 0.2) is 0 Å². The molecule has 0 amide bonds. The van der Waals surface area contributed by atoms with Gasteiger partial charge in [0, 0.05) is 12.1 Å². The Hall–Kier alpha value is -0.930. The number of nitrogens with one attached hydrogen (secondary N) is 1. The Morgan fingerprint density at radius 3 is 2.57 bits per heavy atom. The second-order valence-corrected chi connectivity index (χ2v) is 5.96. The highest BCUT2D eigenvalue weighted by Gasteiger charge is 2.21. The Balaban J connectivity index is 2.02. The largest absolute Gasteiger partial charge is 0.369 e. The summed E-state index contributed by atoms with van der Waals surface area (Å²) in [6.07, 6.45) is 8.47. The molecular formula is C18H28FNO. The molecule has 0 aliphatic heterocycles. The van der Waals surface area contributed by atoms with E-state index in [1.54, 1.807) is 6.07 Å². The third-order valence-corrected chi connectivity index (χ3v) is 4.17. The van der Waals surface area contributed by atoms with Gasteiger partial charge in [-0.25, -0.2) is 4.39 Å². The smallest absolute Gasteiger partial charge is 0.129 e. The third kappa shape index (κ3) is 5.40. The van der Waals surface area contributed by atoms with Crippen LogP contribution in [0.5, 0.6) is 0 Å². The summed E-state index contributed by atoms with van der Waals surface area (Å²) in [5.74, 6) is -0.158. The van der Waals surface area contributed by atoms with Gasteiger partial charge in [0.2, 0.25) is 0 Å². The molecule has 2 nitrogen and oxygen atoms in total. The summed E-state index contributed by atoms with van der Waals surface area (Å²) in [4.78, 5) is 0. The summed E-state index contributed by atoms with van der Waals surface area (Å²) < 4.78 is 20.4. The fraction of sp³-hybridized carbons (Fsp3) is 0.667. The maximum Gasteiger partial charge on any atom is 0.129 e. The van der Waals surface area contributed by atoms with Gasteiger partial charge in [-0.15, -0.1) is 0 Å². The van der Waals surface area contributed by atoms with Gasteiger partial charge < -0.3 is 10.1 Å². The topological polar surface area (TPSA) is 21.3 Å². The quantitative estimate of drug-likeness (QED) is 0.585. The minimum atomic E-state index is -0.180. The molecule has 0 bridgehead atoms. The Labute approximate surface area is 128 Å². The highest BCUT2D eigenvalue weighted by Crippen LogP contribution is 2.27. The van der Waals surface area contributed by atoms with Crippen LogP contribution in [-0.2, 0) is 4.74 Å². The first-order valence-corrected chi connectivity index (χ1v) is 8.42. The molecule has 21 heavy (non-hydrogen) atoms. The molecule has 1 fully saturated rings. The summed E-state index contributed by atoms with van der Waals surface area (Å²) in [6, 6.07) is 7.01. The maximum atomic E-state index is 14.1. The van der Waals surface area contributed by atoms with Crippen LogP contribution in [0.25, 0.3) is 0 Å². The summed E-state index contributed by atoms with van der Waals surface area (Å²) in [7, 11) is 0. The van der Waals surface area contributed by atoms with Crippen molar-refractivity contribution in [2.24, 2.45) is 0 Å². The van der Waals surface area contributed by atoms with Gasteiger partial charge in [-0.1, -0.05) is 50.8 Å². The zero-order valence-electron chi connectivity index (χ0n) is 13.1. The van der Waals surface area contributed by atoms with Crippen LogP contribution in [0.2, 0.25) is 0 Å². The highest BCUT2D eigenvalue weighted by atomic mass is 19.1. The van der Waals surface area contributed by atoms with Gasteiger partial charge in [0.25, 0.3) is 0 Å². The average molecular weight is 293 g/mol.